The molecule has 1 aliphatic rings. The number of nitrogens with one attached hydrogen (secondary N) is 1. The average Bonchev–Trinajstić information content (AvgIpc) is 2.64. The molecule has 0 aliphatic carbocycles. The summed E-state index contributed by atoms with van der Waals surface area (Å²) < 4.78 is 2.81. The number of nitrogens with zero attached hydrogens (tertiary/aromatic N) is 2. The molecule has 1 aromatic heterocycles. The Morgan fingerprint density at radius 2 is 2.38 bits per heavy atom. The third-order valence-corrected chi connectivity index (χ3v) is 3.91. The lowest BCUT2D eigenvalue weighted by atomic mass is 9.98. The van der Waals surface area contributed by atoms with E-state index in [1.807, 2.05) is 6.20 Å². The van der Waals surface area contributed by atoms with Crippen LogP contribution in [-0.4, -0.2) is 39.2 Å². The van der Waals surface area contributed by atoms with Crippen LogP contribution < -0.4 is 0 Å². The van der Waals surface area contributed by atoms with Gasteiger partial charge >= 0.3 is 0 Å². The van der Waals surface area contributed by atoms with Crippen molar-refractivity contribution in [1.29, 1.82) is 0 Å². The molecule has 1 fully saturated rings. The van der Waals surface area contributed by atoms with Crippen molar-refractivity contribution < 1.29 is 5.11 Å². The van der Waals surface area contributed by atoms with Crippen LogP contribution in [0.15, 0.2) is 6.20 Å². The molecule has 0 radical (unpaired) electrons. The molecule has 5 heteroatoms. The second-order valence-corrected chi connectivity index (χ2v) is 5.01. The molecule has 2 atom stereocenters. The van der Waals surface area contributed by atoms with Gasteiger partial charge in [-0.25, -0.2) is 0 Å². The van der Waals surface area contributed by atoms with E-state index in [1.165, 1.54) is 0 Å². The fraction of sp³-hybridized carbons (Fsp3) is 0.727. The zero-order valence-corrected chi connectivity index (χ0v) is 10.6. The third-order valence-electron chi connectivity index (χ3n) is 3.60. The minimum absolute atomic E-state index is 0.0495. The van der Waals surface area contributed by atoms with E-state index < -0.39 is 0 Å². The van der Waals surface area contributed by atoms with Crippen molar-refractivity contribution in [2.24, 2.45) is 0 Å². The molecule has 0 bridgehead atoms. The molecule has 4 nitrogen and oxygen atoms in total. The van der Waals surface area contributed by atoms with Crippen molar-refractivity contribution >= 4 is 12.2 Å². The highest BCUT2D eigenvalue weighted by Crippen LogP contribution is 2.27. The zero-order chi connectivity index (χ0) is 11.7. The second-order valence-electron chi connectivity index (χ2n) is 4.62. The molecule has 0 amide bonds. The van der Waals surface area contributed by atoms with E-state index in [-0.39, 0.29) is 6.61 Å². The predicted molar refractivity (Wildman–Crippen MR) is 65.9 cm³/mol. The van der Waals surface area contributed by atoms with Crippen molar-refractivity contribution in [2.75, 3.05) is 13.6 Å². The van der Waals surface area contributed by atoms with Crippen molar-refractivity contribution in [1.82, 2.24) is 14.5 Å². The van der Waals surface area contributed by atoms with Crippen LogP contribution in [0.25, 0.3) is 0 Å². The Labute approximate surface area is 101 Å². The zero-order valence-electron chi connectivity index (χ0n) is 9.81. The lowest BCUT2D eigenvalue weighted by Crippen LogP contribution is -2.38. The number of aliphatic hydroxyl groups excluding tert-OH is 1. The summed E-state index contributed by atoms with van der Waals surface area (Å²) in [5, 5.41) is 9.28. The van der Waals surface area contributed by atoms with E-state index in [1.54, 1.807) is 0 Å². The molecule has 2 heterocycles. The highest BCUT2D eigenvalue weighted by Gasteiger charge is 2.25. The van der Waals surface area contributed by atoms with Gasteiger partial charge in [0.2, 0.25) is 0 Å². The summed E-state index contributed by atoms with van der Waals surface area (Å²) in [6, 6.07) is 0.995. The van der Waals surface area contributed by atoms with Gasteiger partial charge in [0, 0.05) is 24.8 Å². The number of likely N-dealkylation sites (tertiary alicyclic amines) is 1. The summed E-state index contributed by atoms with van der Waals surface area (Å²) in [4.78, 5) is 5.38. The summed E-state index contributed by atoms with van der Waals surface area (Å²) in [5.41, 5.74) is 0.895. The van der Waals surface area contributed by atoms with Crippen LogP contribution >= 0.6 is 12.2 Å². The summed E-state index contributed by atoms with van der Waals surface area (Å²) in [6.07, 6.45) is 4.00. The Bertz CT molecular complexity index is 412. The number of imidazole rings is 1. The normalized spacial score (nSPS) is 27.2. The van der Waals surface area contributed by atoms with Gasteiger partial charge in [-0.3, -0.25) is 0 Å². The molecule has 2 N–H and O–H groups in total. The average molecular weight is 241 g/mol. The van der Waals surface area contributed by atoms with Crippen LogP contribution in [-0.2, 0) is 6.61 Å². The summed E-state index contributed by atoms with van der Waals surface area (Å²) in [6.45, 7) is 3.37. The molecule has 0 spiro atoms. The molecule has 1 aromatic rings. The van der Waals surface area contributed by atoms with Crippen molar-refractivity contribution in [3.63, 3.8) is 0 Å². The largest absolute Gasteiger partial charge is 0.390 e. The molecule has 16 heavy (non-hydrogen) atoms. The fourth-order valence-corrected chi connectivity index (χ4v) is 2.76. The van der Waals surface area contributed by atoms with Gasteiger partial charge in [-0.2, -0.15) is 0 Å². The van der Waals surface area contributed by atoms with Crippen LogP contribution in [0.3, 0.4) is 0 Å². The number of rotatable bonds is 2. The molecule has 1 saturated heterocycles. The first kappa shape index (κ1) is 11.8. The van der Waals surface area contributed by atoms with Gasteiger partial charge in [0.05, 0.1) is 12.3 Å². The van der Waals surface area contributed by atoms with E-state index in [0.29, 0.717) is 12.1 Å². The molecule has 0 saturated carbocycles. The van der Waals surface area contributed by atoms with Crippen LogP contribution in [0.1, 0.15) is 31.5 Å². The molecule has 0 aromatic carbocycles. The first-order valence-corrected chi connectivity index (χ1v) is 6.14. The fourth-order valence-electron chi connectivity index (χ4n) is 2.44. The monoisotopic (exact) mass is 241 g/mol. The number of aliphatic hydroxyl groups is 1. The quantitative estimate of drug-likeness (QED) is 0.775. The Morgan fingerprint density at radius 3 is 3.00 bits per heavy atom. The Kier molecular flexibility index (Phi) is 3.47. The molecule has 1 aliphatic heterocycles. The number of piperidine rings is 1. The van der Waals surface area contributed by atoms with E-state index in [9.17, 15) is 5.11 Å². The standard InChI is InChI=1S/C11H19N3OS/c1-8-5-9(3-4-13(8)2)14-10(7-15)6-12-11(14)16/h6,8-9,15H,3-5,7H2,1-2H3,(H,12,16). The Balaban J connectivity index is 2.24. The van der Waals surface area contributed by atoms with Gasteiger partial charge in [0.25, 0.3) is 0 Å². The Hall–Kier alpha value is -0.650. The van der Waals surface area contributed by atoms with Crippen LogP contribution in [0.2, 0.25) is 0 Å². The number of H-pyrrole nitrogens is 1. The summed E-state index contributed by atoms with van der Waals surface area (Å²) >= 11 is 5.27. The van der Waals surface area contributed by atoms with Crippen LogP contribution in [0.5, 0.6) is 0 Å². The maximum Gasteiger partial charge on any atom is 0.177 e. The lowest BCUT2D eigenvalue weighted by Gasteiger charge is -2.36. The van der Waals surface area contributed by atoms with Crippen molar-refractivity contribution in [2.45, 2.75) is 38.5 Å². The van der Waals surface area contributed by atoms with E-state index in [2.05, 4.69) is 28.4 Å². The molecule has 90 valence electrons. The Morgan fingerprint density at radius 1 is 1.62 bits per heavy atom. The summed E-state index contributed by atoms with van der Waals surface area (Å²) in [5.74, 6) is 0. The van der Waals surface area contributed by atoms with E-state index in [0.717, 1.165) is 29.9 Å². The SMILES string of the molecule is CC1CC(n2c(CO)c[nH]c2=S)CCN1C. The van der Waals surface area contributed by atoms with Gasteiger partial charge in [0.1, 0.15) is 0 Å². The minimum atomic E-state index is 0.0495. The topological polar surface area (TPSA) is 44.2 Å². The maximum absolute atomic E-state index is 9.28. The van der Waals surface area contributed by atoms with Crippen molar-refractivity contribution in [3.05, 3.63) is 16.7 Å². The van der Waals surface area contributed by atoms with Gasteiger partial charge in [0.15, 0.2) is 4.77 Å². The lowest BCUT2D eigenvalue weighted by molar-refractivity contribution is 0.151. The van der Waals surface area contributed by atoms with Crippen LogP contribution in [0.4, 0.5) is 0 Å². The highest BCUT2D eigenvalue weighted by molar-refractivity contribution is 7.71. The molecule has 2 rings (SSSR count). The molecule has 2 unspecified atom stereocenters. The second kappa shape index (κ2) is 4.69. The maximum atomic E-state index is 9.28. The van der Waals surface area contributed by atoms with E-state index >= 15 is 0 Å². The van der Waals surface area contributed by atoms with Gasteiger partial charge in [-0.1, -0.05) is 0 Å². The van der Waals surface area contributed by atoms with Crippen molar-refractivity contribution in [3.8, 4) is 0 Å². The molecular weight excluding hydrogens is 222 g/mol. The number of aromatic amines is 1. The summed E-state index contributed by atoms with van der Waals surface area (Å²) in [7, 11) is 2.16. The number of hydrogen-bond donors (Lipinski definition) is 2. The van der Waals surface area contributed by atoms with Gasteiger partial charge in [-0.15, -0.1) is 0 Å². The number of aromatic nitrogens is 2. The smallest absolute Gasteiger partial charge is 0.177 e. The number of hydrogen-bond acceptors (Lipinski definition) is 3. The van der Waals surface area contributed by atoms with Gasteiger partial charge < -0.3 is 19.6 Å². The first-order valence-electron chi connectivity index (χ1n) is 5.73. The predicted octanol–water partition coefficient (Wildman–Crippen LogP) is 1.69. The first-order chi connectivity index (χ1) is 7.63. The highest BCUT2D eigenvalue weighted by atomic mass is 32.1. The molecular formula is C11H19N3OS. The minimum Gasteiger partial charge on any atom is -0.390 e. The van der Waals surface area contributed by atoms with Gasteiger partial charge in [-0.05, 0) is 39.0 Å². The van der Waals surface area contributed by atoms with E-state index in [4.69, 9.17) is 12.2 Å². The third kappa shape index (κ3) is 2.07. The van der Waals surface area contributed by atoms with Crippen LogP contribution in [0, 0.1) is 4.77 Å².